The van der Waals surface area contributed by atoms with Crippen LogP contribution in [0.2, 0.25) is 0 Å². The van der Waals surface area contributed by atoms with Gasteiger partial charge in [0.1, 0.15) is 6.61 Å². The molecule has 0 radical (unpaired) electrons. The molecule has 0 unspecified atom stereocenters. The maximum absolute atomic E-state index is 12.2. The van der Waals surface area contributed by atoms with Gasteiger partial charge in [-0.3, -0.25) is 4.79 Å². The number of fused-ring (bicyclic) bond motifs is 3. The zero-order valence-electron chi connectivity index (χ0n) is 16.6. The molecular formula is C23H33NO2. The Hall–Kier alpha value is -1.38. The monoisotopic (exact) mass is 355 g/mol. The lowest BCUT2D eigenvalue weighted by Gasteiger charge is -2.59. The minimum atomic E-state index is 0.0725. The van der Waals surface area contributed by atoms with Gasteiger partial charge < -0.3 is 4.84 Å². The molecule has 4 rings (SSSR count). The molecule has 3 heteroatoms. The largest absolute Gasteiger partial charge is 0.396 e. The van der Waals surface area contributed by atoms with E-state index in [9.17, 15) is 4.79 Å². The number of hydrogen-bond acceptors (Lipinski definition) is 3. The number of unbranched alkanes of at least 4 members (excludes halogenated alkanes) is 1. The Labute approximate surface area is 157 Å². The molecule has 4 aliphatic rings. The van der Waals surface area contributed by atoms with Gasteiger partial charge in [0.15, 0.2) is 5.78 Å². The van der Waals surface area contributed by atoms with Crippen LogP contribution >= 0.6 is 0 Å². The number of hydrogen-bond donors (Lipinski definition) is 0. The molecule has 1 spiro atoms. The van der Waals surface area contributed by atoms with Gasteiger partial charge in [-0.2, -0.15) is 0 Å². The number of nitrogens with zero attached hydrogens (tertiary/aromatic N) is 1. The van der Waals surface area contributed by atoms with Crippen molar-refractivity contribution in [2.45, 2.75) is 72.1 Å². The van der Waals surface area contributed by atoms with E-state index in [4.69, 9.17) is 4.84 Å². The van der Waals surface area contributed by atoms with E-state index in [-0.39, 0.29) is 16.6 Å². The summed E-state index contributed by atoms with van der Waals surface area (Å²) in [5.41, 5.74) is 2.75. The second-order valence-corrected chi connectivity index (χ2v) is 9.77. The van der Waals surface area contributed by atoms with Gasteiger partial charge in [-0.15, -0.1) is 0 Å². The summed E-state index contributed by atoms with van der Waals surface area (Å²) >= 11 is 0. The topological polar surface area (TPSA) is 38.7 Å². The van der Waals surface area contributed by atoms with Crippen molar-refractivity contribution < 1.29 is 9.63 Å². The van der Waals surface area contributed by atoms with E-state index >= 15 is 0 Å². The van der Waals surface area contributed by atoms with Crippen LogP contribution in [0, 0.1) is 28.1 Å². The maximum Gasteiger partial charge on any atom is 0.181 e. The molecule has 2 bridgehead atoms. The lowest BCUT2D eigenvalue weighted by molar-refractivity contribution is -0.115. The molecular weight excluding hydrogens is 322 g/mol. The zero-order chi connectivity index (χ0) is 18.6. The van der Waals surface area contributed by atoms with Gasteiger partial charge in [0.25, 0.3) is 0 Å². The third-order valence-corrected chi connectivity index (χ3v) is 8.21. The summed E-state index contributed by atoms with van der Waals surface area (Å²) in [6, 6.07) is 0. The van der Waals surface area contributed by atoms with Crippen LogP contribution in [0.1, 0.15) is 72.1 Å². The van der Waals surface area contributed by atoms with Crippen LogP contribution in [0.4, 0.5) is 0 Å². The minimum absolute atomic E-state index is 0.0725. The fourth-order valence-corrected chi connectivity index (χ4v) is 6.83. The van der Waals surface area contributed by atoms with E-state index in [2.05, 4.69) is 38.6 Å². The summed E-state index contributed by atoms with van der Waals surface area (Å²) in [5, 5.41) is 4.64. The van der Waals surface area contributed by atoms with Crippen LogP contribution < -0.4 is 0 Å². The van der Waals surface area contributed by atoms with Crippen molar-refractivity contribution in [1.29, 1.82) is 0 Å². The first kappa shape index (κ1) is 18.0. The molecule has 0 aliphatic heterocycles. The van der Waals surface area contributed by atoms with Crippen molar-refractivity contribution in [3.8, 4) is 0 Å². The molecule has 0 amide bonds. The Balaban J connectivity index is 1.63. The highest BCUT2D eigenvalue weighted by molar-refractivity contribution is 6.05. The van der Waals surface area contributed by atoms with Crippen molar-refractivity contribution in [3.63, 3.8) is 0 Å². The molecule has 3 nitrogen and oxygen atoms in total. The minimum Gasteiger partial charge on any atom is -0.396 e. The molecule has 3 saturated carbocycles. The van der Waals surface area contributed by atoms with Crippen molar-refractivity contribution in [2.75, 3.05) is 6.61 Å². The number of carbonyl (C=O) groups is 1. The number of oxime groups is 1. The highest BCUT2D eigenvalue weighted by Gasteiger charge is 2.64. The highest BCUT2D eigenvalue weighted by atomic mass is 16.6. The summed E-state index contributed by atoms with van der Waals surface area (Å²) in [5.74, 6) is 1.08. The molecule has 3 fully saturated rings. The van der Waals surface area contributed by atoms with Gasteiger partial charge in [0.05, 0.1) is 5.71 Å². The van der Waals surface area contributed by atoms with Crippen LogP contribution in [0.15, 0.2) is 29.5 Å². The van der Waals surface area contributed by atoms with Gasteiger partial charge in [0.2, 0.25) is 0 Å². The Morgan fingerprint density at radius 1 is 1.31 bits per heavy atom. The summed E-state index contributed by atoms with van der Waals surface area (Å²) in [7, 11) is 0. The molecule has 5 atom stereocenters. The summed E-state index contributed by atoms with van der Waals surface area (Å²) < 4.78 is 0. The Kier molecular flexibility index (Phi) is 4.20. The Morgan fingerprint density at radius 2 is 2.12 bits per heavy atom. The van der Waals surface area contributed by atoms with E-state index < -0.39 is 0 Å². The first-order chi connectivity index (χ1) is 12.3. The Morgan fingerprint density at radius 3 is 2.88 bits per heavy atom. The van der Waals surface area contributed by atoms with Crippen LogP contribution in [0.3, 0.4) is 0 Å². The van der Waals surface area contributed by atoms with Crippen LogP contribution in [0.25, 0.3) is 0 Å². The first-order valence-corrected chi connectivity index (χ1v) is 10.5. The molecule has 26 heavy (non-hydrogen) atoms. The average molecular weight is 356 g/mol. The van der Waals surface area contributed by atoms with Crippen molar-refractivity contribution in [2.24, 2.45) is 33.2 Å². The van der Waals surface area contributed by atoms with Gasteiger partial charge in [-0.05, 0) is 79.3 Å². The molecule has 0 heterocycles. The predicted octanol–water partition coefficient (Wildman–Crippen LogP) is 5.47. The smallest absolute Gasteiger partial charge is 0.181 e. The van der Waals surface area contributed by atoms with Crippen molar-refractivity contribution in [1.82, 2.24) is 0 Å². The third-order valence-electron chi connectivity index (χ3n) is 8.21. The SMILES string of the molecule is C=C1C(=O)C=C[C@]2(C)[C@@H]1CC[C@@]13C/C(=N\OCCCC)[C@@](C)(CC[C@H]12)C3. The fourth-order valence-electron chi connectivity index (χ4n) is 6.83. The van der Waals surface area contributed by atoms with Crippen molar-refractivity contribution >= 4 is 11.5 Å². The maximum atomic E-state index is 12.2. The molecule has 0 N–H and O–H groups in total. The second-order valence-electron chi connectivity index (χ2n) is 9.77. The standard InChI is InChI=1S/C23H33NO2/c1-5-6-13-26-24-20-14-23-12-7-17-16(2)18(25)8-11-22(17,4)19(23)9-10-21(20,3)15-23/h8,11,17,19H,2,5-7,9-10,12-15H2,1,3-4H3/b24-20+/t17-,19+,21+,22-,23+/m1/s1. The summed E-state index contributed by atoms with van der Waals surface area (Å²) in [4.78, 5) is 17.8. The van der Waals surface area contributed by atoms with Gasteiger partial charge in [-0.1, -0.05) is 45.0 Å². The molecule has 142 valence electrons. The van der Waals surface area contributed by atoms with Crippen LogP contribution in [0.5, 0.6) is 0 Å². The predicted molar refractivity (Wildman–Crippen MR) is 105 cm³/mol. The van der Waals surface area contributed by atoms with Gasteiger partial charge >= 0.3 is 0 Å². The van der Waals surface area contributed by atoms with Crippen LogP contribution in [-0.4, -0.2) is 18.1 Å². The second kappa shape index (κ2) is 6.07. The molecule has 0 saturated heterocycles. The first-order valence-electron chi connectivity index (χ1n) is 10.5. The third kappa shape index (κ3) is 2.46. The number of rotatable bonds is 4. The number of ketones is 1. The van der Waals surface area contributed by atoms with E-state index in [0.717, 1.165) is 37.9 Å². The molecule has 4 aliphatic carbocycles. The van der Waals surface area contributed by atoms with Crippen LogP contribution in [-0.2, 0) is 9.63 Å². The quantitative estimate of drug-likeness (QED) is 0.381. The Bertz CT molecular complexity index is 692. The lowest BCUT2D eigenvalue weighted by Crippen LogP contribution is -2.52. The van der Waals surface area contributed by atoms with Gasteiger partial charge in [-0.25, -0.2) is 0 Å². The molecule has 0 aromatic carbocycles. The molecule has 0 aromatic rings. The van der Waals surface area contributed by atoms with E-state index in [0.29, 0.717) is 17.3 Å². The summed E-state index contributed by atoms with van der Waals surface area (Å²) in [6.45, 7) is 11.9. The normalized spacial score (nSPS) is 45.6. The number of allylic oxidation sites excluding steroid dienone is 3. The van der Waals surface area contributed by atoms with Crippen molar-refractivity contribution in [3.05, 3.63) is 24.3 Å². The fraction of sp³-hybridized carbons (Fsp3) is 0.739. The van der Waals surface area contributed by atoms with E-state index in [1.54, 1.807) is 6.08 Å². The highest BCUT2D eigenvalue weighted by Crippen LogP contribution is 2.70. The average Bonchev–Trinajstić information content (AvgIpc) is 2.81. The van der Waals surface area contributed by atoms with E-state index in [1.165, 1.54) is 31.4 Å². The lowest BCUT2D eigenvalue weighted by atomic mass is 9.45. The number of carbonyl (C=O) groups excluding carboxylic acids is 1. The molecule has 0 aromatic heterocycles. The van der Waals surface area contributed by atoms with E-state index in [1.807, 2.05) is 0 Å². The summed E-state index contributed by atoms with van der Waals surface area (Å²) in [6.07, 6.45) is 13.2. The zero-order valence-corrected chi connectivity index (χ0v) is 16.6. The van der Waals surface area contributed by atoms with Gasteiger partial charge in [0, 0.05) is 5.41 Å².